The second-order valence-electron chi connectivity index (χ2n) is 4.85. The molecule has 1 aliphatic rings. The molecule has 0 bridgehead atoms. The quantitative estimate of drug-likeness (QED) is 0.893. The first kappa shape index (κ1) is 11.7. The minimum atomic E-state index is 0.389. The van der Waals surface area contributed by atoms with Crippen LogP contribution < -0.4 is 5.32 Å². The normalized spacial score (nSPS) is 19.7. The number of aromatic nitrogens is 2. The highest BCUT2D eigenvalue weighted by Gasteiger charge is 2.15. The van der Waals surface area contributed by atoms with E-state index < -0.39 is 0 Å². The second-order valence-corrected chi connectivity index (χ2v) is 4.85. The third-order valence-corrected chi connectivity index (χ3v) is 3.52. The summed E-state index contributed by atoms with van der Waals surface area (Å²) in [5.74, 6) is 0. The lowest BCUT2D eigenvalue weighted by molar-refractivity contribution is 0.110. The van der Waals surface area contributed by atoms with Gasteiger partial charge in [-0.25, -0.2) is 0 Å². The molecule has 2 aromatic rings. The highest BCUT2D eigenvalue weighted by Crippen LogP contribution is 2.17. The Balaban J connectivity index is 1.67. The van der Waals surface area contributed by atoms with Crippen LogP contribution in [0.4, 0.5) is 0 Å². The Morgan fingerprint density at radius 3 is 3.17 bits per heavy atom. The second kappa shape index (κ2) is 5.08. The summed E-state index contributed by atoms with van der Waals surface area (Å²) in [5, 5.41) is 9.25. The van der Waals surface area contributed by atoms with Crippen LogP contribution in [0, 0.1) is 0 Å². The van der Waals surface area contributed by atoms with Crippen molar-refractivity contribution in [3.63, 3.8) is 0 Å². The van der Waals surface area contributed by atoms with Crippen molar-refractivity contribution in [1.29, 1.82) is 0 Å². The SMILES string of the molecule is Cn1nc(CNCC2CCCO2)c2ccccc21. The summed E-state index contributed by atoms with van der Waals surface area (Å²) in [5.41, 5.74) is 2.30. The number of para-hydroxylation sites is 1. The van der Waals surface area contributed by atoms with E-state index in [1.807, 2.05) is 17.8 Å². The summed E-state index contributed by atoms with van der Waals surface area (Å²) in [6.07, 6.45) is 2.76. The molecule has 0 saturated carbocycles. The Kier molecular flexibility index (Phi) is 3.30. The van der Waals surface area contributed by atoms with Crippen LogP contribution in [0.2, 0.25) is 0 Å². The van der Waals surface area contributed by atoms with E-state index in [2.05, 4.69) is 28.6 Å². The summed E-state index contributed by atoms with van der Waals surface area (Å²) in [7, 11) is 1.99. The first-order valence-corrected chi connectivity index (χ1v) is 6.57. The Morgan fingerprint density at radius 2 is 2.33 bits per heavy atom. The summed E-state index contributed by atoms with van der Waals surface area (Å²) >= 11 is 0. The molecule has 4 nitrogen and oxygen atoms in total. The number of hydrogen-bond acceptors (Lipinski definition) is 3. The van der Waals surface area contributed by atoms with Gasteiger partial charge in [0.25, 0.3) is 0 Å². The molecule has 0 radical (unpaired) electrons. The van der Waals surface area contributed by atoms with Crippen LogP contribution in [-0.2, 0) is 18.3 Å². The fourth-order valence-electron chi connectivity index (χ4n) is 2.58. The average Bonchev–Trinajstić information content (AvgIpc) is 3.00. The highest BCUT2D eigenvalue weighted by atomic mass is 16.5. The van der Waals surface area contributed by atoms with Gasteiger partial charge < -0.3 is 10.1 Å². The predicted molar refractivity (Wildman–Crippen MR) is 71.4 cm³/mol. The van der Waals surface area contributed by atoms with E-state index in [9.17, 15) is 0 Å². The molecule has 18 heavy (non-hydrogen) atoms. The molecule has 0 spiro atoms. The Morgan fingerprint density at radius 1 is 1.44 bits per heavy atom. The Labute approximate surface area is 107 Å². The number of benzene rings is 1. The van der Waals surface area contributed by atoms with Gasteiger partial charge in [-0.05, 0) is 18.9 Å². The maximum Gasteiger partial charge on any atom is 0.0841 e. The van der Waals surface area contributed by atoms with Crippen LogP contribution in [0.1, 0.15) is 18.5 Å². The minimum absolute atomic E-state index is 0.389. The van der Waals surface area contributed by atoms with E-state index in [-0.39, 0.29) is 0 Å². The van der Waals surface area contributed by atoms with Crippen molar-refractivity contribution in [2.24, 2.45) is 7.05 Å². The molecule has 1 N–H and O–H groups in total. The lowest BCUT2D eigenvalue weighted by Crippen LogP contribution is -2.26. The van der Waals surface area contributed by atoms with Crippen molar-refractivity contribution in [3.05, 3.63) is 30.0 Å². The Bertz CT molecular complexity index is 529. The summed E-state index contributed by atoms with van der Waals surface area (Å²) in [6.45, 7) is 2.64. The molecule has 4 heteroatoms. The zero-order valence-corrected chi connectivity index (χ0v) is 10.7. The fourth-order valence-corrected chi connectivity index (χ4v) is 2.58. The maximum absolute atomic E-state index is 5.60. The van der Waals surface area contributed by atoms with Crippen molar-refractivity contribution in [1.82, 2.24) is 15.1 Å². The predicted octanol–water partition coefficient (Wildman–Crippen LogP) is 1.84. The van der Waals surface area contributed by atoms with E-state index in [0.29, 0.717) is 6.10 Å². The lowest BCUT2D eigenvalue weighted by Gasteiger charge is -2.09. The van der Waals surface area contributed by atoms with Crippen molar-refractivity contribution in [2.45, 2.75) is 25.5 Å². The molecule has 1 aliphatic heterocycles. The standard InChI is InChI=1S/C14H19N3O/c1-17-14-7-3-2-6-12(14)13(16-17)10-15-9-11-5-4-8-18-11/h2-3,6-7,11,15H,4-5,8-10H2,1H3. The molecule has 1 aromatic heterocycles. The van der Waals surface area contributed by atoms with Gasteiger partial charge in [0.05, 0.1) is 17.3 Å². The number of fused-ring (bicyclic) bond motifs is 1. The number of nitrogens with one attached hydrogen (secondary N) is 1. The van der Waals surface area contributed by atoms with E-state index in [1.165, 1.54) is 23.7 Å². The number of rotatable bonds is 4. The molecule has 2 heterocycles. The van der Waals surface area contributed by atoms with Crippen molar-refractivity contribution >= 4 is 10.9 Å². The van der Waals surface area contributed by atoms with Crippen LogP contribution in [0.5, 0.6) is 0 Å². The first-order chi connectivity index (χ1) is 8.84. The van der Waals surface area contributed by atoms with Crippen molar-refractivity contribution in [2.75, 3.05) is 13.2 Å². The van der Waals surface area contributed by atoms with Crippen LogP contribution in [0.25, 0.3) is 10.9 Å². The van der Waals surface area contributed by atoms with Gasteiger partial charge in [0, 0.05) is 32.1 Å². The number of ether oxygens (including phenoxy) is 1. The van der Waals surface area contributed by atoms with Gasteiger partial charge in [-0.3, -0.25) is 4.68 Å². The van der Waals surface area contributed by atoms with E-state index in [0.717, 1.165) is 25.4 Å². The molecular weight excluding hydrogens is 226 g/mol. The van der Waals surface area contributed by atoms with Gasteiger partial charge in [-0.1, -0.05) is 18.2 Å². The third kappa shape index (κ3) is 2.26. The summed E-state index contributed by atoms with van der Waals surface area (Å²) in [6, 6.07) is 8.35. The van der Waals surface area contributed by atoms with Crippen LogP contribution in [0.3, 0.4) is 0 Å². The summed E-state index contributed by atoms with van der Waals surface area (Å²) in [4.78, 5) is 0. The number of nitrogens with zero attached hydrogens (tertiary/aromatic N) is 2. The monoisotopic (exact) mass is 245 g/mol. The molecule has 1 fully saturated rings. The zero-order valence-electron chi connectivity index (χ0n) is 10.7. The average molecular weight is 245 g/mol. The maximum atomic E-state index is 5.60. The van der Waals surface area contributed by atoms with Crippen LogP contribution in [-0.4, -0.2) is 29.0 Å². The molecular formula is C14H19N3O. The molecule has 1 atom stereocenters. The fraction of sp³-hybridized carbons (Fsp3) is 0.500. The van der Waals surface area contributed by atoms with Gasteiger partial charge in [0.15, 0.2) is 0 Å². The molecule has 0 aliphatic carbocycles. The topological polar surface area (TPSA) is 39.1 Å². The first-order valence-electron chi connectivity index (χ1n) is 6.57. The van der Waals surface area contributed by atoms with Gasteiger partial charge in [-0.15, -0.1) is 0 Å². The molecule has 1 saturated heterocycles. The molecule has 1 aromatic carbocycles. The molecule has 3 rings (SSSR count). The zero-order chi connectivity index (χ0) is 12.4. The van der Waals surface area contributed by atoms with E-state index >= 15 is 0 Å². The number of hydrogen-bond donors (Lipinski definition) is 1. The van der Waals surface area contributed by atoms with Gasteiger partial charge >= 0.3 is 0 Å². The van der Waals surface area contributed by atoms with Crippen molar-refractivity contribution < 1.29 is 4.74 Å². The van der Waals surface area contributed by atoms with Crippen LogP contribution in [0.15, 0.2) is 24.3 Å². The van der Waals surface area contributed by atoms with Crippen LogP contribution >= 0.6 is 0 Å². The Hall–Kier alpha value is -1.39. The lowest BCUT2D eigenvalue weighted by atomic mass is 10.2. The highest BCUT2D eigenvalue weighted by molar-refractivity contribution is 5.81. The van der Waals surface area contributed by atoms with Gasteiger partial charge in [0.1, 0.15) is 0 Å². The molecule has 1 unspecified atom stereocenters. The van der Waals surface area contributed by atoms with Crippen molar-refractivity contribution in [3.8, 4) is 0 Å². The minimum Gasteiger partial charge on any atom is -0.377 e. The van der Waals surface area contributed by atoms with E-state index in [1.54, 1.807) is 0 Å². The summed E-state index contributed by atoms with van der Waals surface area (Å²) < 4.78 is 7.54. The number of aryl methyl sites for hydroxylation is 1. The van der Waals surface area contributed by atoms with Gasteiger partial charge in [0.2, 0.25) is 0 Å². The third-order valence-electron chi connectivity index (χ3n) is 3.52. The molecule has 96 valence electrons. The van der Waals surface area contributed by atoms with Gasteiger partial charge in [-0.2, -0.15) is 5.10 Å². The smallest absolute Gasteiger partial charge is 0.0841 e. The largest absolute Gasteiger partial charge is 0.377 e. The molecule has 0 amide bonds. The van der Waals surface area contributed by atoms with E-state index in [4.69, 9.17) is 4.74 Å².